The maximum atomic E-state index is 8.53. The van der Waals surface area contributed by atoms with Gasteiger partial charge in [-0.2, -0.15) is 10.2 Å². The van der Waals surface area contributed by atoms with E-state index in [-0.39, 0.29) is 0 Å². The number of nitrogens with zero attached hydrogens (tertiary/aromatic N) is 4. The van der Waals surface area contributed by atoms with Gasteiger partial charge in [0, 0.05) is 14.1 Å². The summed E-state index contributed by atoms with van der Waals surface area (Å²) in [6.07, 6.45) is -1.12. The van der Waals surface area contributed by atoms with Crippen molar-refractivity contribution >= 4 is 0 Å². The first-order valence-corrected chi connectivity index (χ1v) is 2.07. The van der Waals surface area contributed by atoms with Crippen LogP contribution >= 0.6 is 0 Å². The number of azo groups is 2. The van der Waals surface area contributed by atoms with E-state index in [2.05, 4.69) is 20.5 Å². The van der Waals surface area contributed by atoms with E-state index in [1.165, 1.54) is 14.1 Å². The third-order valence-electron chi connectivity index (χ3n) is 0.437. The Labute approximate surface area is 47.2 Å². The highest BCUT2D eigenvalue weighted by molar-refractivity contribution is 4.34. The van der Waals surface area contributed by atoms with Gasteiger partial charge in [-0.05, 0) is 0 Å². The summed E-state index contributed by atoms with van der Waals surface area (Å²) in [5.74, 6) is 0. The second kappa shape index (κ2) is 4.32. The molecule has 0 spiro atoms. The molecule has 0 radical (unpaired) electrons. The van der Waals surface area contributed by atoms with Crippen LogP contribution in [-0.2, 0) is 0 Å². The summed E-state index contributed by atoms with van der Waals surface area (Å²) in [6, 6.07) is 0. The van der Waals surface area contributed by atoms with Crippen LogP contribution in [0.25, 0.3) is 0 Å². The van der Waals surface area contributed by atoms with Crippen LogP contribution in [0.5, 0.6) is 0 Å². The molecule has 1 N–H and O–H groups in total. The molecule has 46 valence electrons. The summed E-state index contributed by atoms with van der Waals surface area (Å²) in [7, 11) is 2.91. The van der Waals surface area contributed by atoms with Crippen molar-refractivity contribution in [2.45, 2.75) is 6.35 Å². The lowest BCUT2D eigenvalue weighted by atomic mass is 11.1. The first-order valence-electron chi connectivity index (χ1n) is 2.07. The molecule has 0 amide bonds. The molecule has 0 bridgehead atoms. The minimum absolute atomic E-state index is 1.12. The van der Waals surface area contributed by atoms with Crippen LogP contribution in [0.4, 0.5) is 0 Å². The smallest absolute Gasteiger partial charge is 0.280 e. The van der Waals surface area contributed by atoms with Crippen molar-refractivity contribution in [3.63, 3.8) is 0 Å². The quantitative estimate of drug-likeness (QED) is 0.522. The Morgan fingerprint density at radius 2 is 1.50 bits per heavy atom. The topological polar surface area (TPSA) is 69.7 Å². The Hall–Kier alpha value is -0.840. The summed E-state index contributed by atoms with van der Waals surface area (Å²) in [5, 5.41) is 21.5. The molecule has 0 aliphatic heterocycles. The van der Waals surface area contributed by atoms with Crippen molar-refractivity contribution in [1.82, 2.24) is 0 Å². The van der Waals surface area contributed by atoms with Gasteiger partial charge in [-0.25, -0.2) is 0 Å². The molecule has 0 saturated carbocycles. The summed E-state index contributed by atoms with van der Waals surface area (Å²) < 4.78 is 0. The largest absolute Gasteiger partial charge is 0.351 e. The molecule has 0 aromatic rings. The van der Waals surface area contributed by atoms with E-state index in [9.17, 15) is 0 Å². The van der Waals surface area contributed by atoms with Gasteiger partial charge in [0.2, 0.25) is 0 Å². The van der Waals surface area contributed by atoms with E-state index in [0.717, 1.165) is 0 Å². The number of hydrogen-bond donors (Lipinski definition) is 1. The van der Waals surface area contributed by atoms with Crippen LogP contribution in [0.3, 0.4) is 0 Å². The molecule has 8 heavy (non-hydrogen) atoms. The van der Waals surface area contributed by atoms with Crippen LogP contribution in [0.15, 0.2) is 20.5 Å². The average molecular weight is 116 g/mol. The normalized spacial score (nSPS) is 15.9. The second-order valence-electron chi connectivity index (χ2n) is 0.977. The predicted octanol–water partition coefficient (Wildman–Crippen LogP) is 0.426. The van der Waals surface area contributed by atoms with Gasteiger partial charge in [-0.1, -0.05) is 0 Å². The van der Waals surface area contributed by atoms with Crippen LogP contribution in [0.1, 0.15) is 0 Å². The van der Waals surface area contributed by atoms with Crippen LogP contribution in [-0.4, -0.2) is 25.6 Å². The number of aliphatic hydroxyl groups excluding tert-OH is 1. The molecular formula is C3H8N4O. The highest BCUT2D eigenvalue weighted by atomic mass is 16.3. The van der Waals surface area contributed by atoms with Gasteiger partial charge in [0.1, 0.15) is 0 Å². The Morgan fingerprint density at radius 1 is 1.12 bits per heavy atom. The van der Waals surface area contributed by atoms with Gasteiger partial charge in [-0.15, -0.1) is 10.2 Å². The van der Waals surface area contributed by atoms with Gasteiger partial charge in [0.05, 0.1) is 0 Å². The lowest BCUT2D eigenvalue weighted by molar-refractivity contribution is 0.178. The lowest BCUT2D eigenvalue weighted by Gasteiger charge is -1.88. The molecule has 0 aromatic carbocycles. The first-order chi connectivity index (χ1) is 3.81. The molecule has 0 atom stereocenters. The molecule has 0 saturated heterocycles. The van der Waals surface area contributed by atoms with Crippen molar-refractivity contribution in [1.29, 1.82) is 0 Å². The average Bonchev–Trinajstić information content (AvgIpc) is 1.68. The fourth-order valence-electron chi connectivity index (χ4n) is 0.230. The molecule has 0 heterocycles. The predicted molar refractivity (Wildman–Crippen MR) is 27.6 cm³/mol. The Kier molecular flexibility index (Phi) is 3.87. The summed E-state index contributed by atoms with van der Waals surface area (Å²) in [4.78, 5) is 0. The van der Waals surface area contributed by atoms with Crippen molar-refractivity contribution in [3.8, 4) is 0 Å². The maximum Gasteiger partial charge on any atom is 0.280 e. The molecule has 5 heteroatoms. The van der Waals surface area contributed by atoms with Gasteiger partial charge < -0.3 is 5.11 Å². The Bertz CT molecular complexity index is 87.5. The summed E-state index contributed by atoms with van der Waals surface area (Å²) >= 11 is 0. The molecule has 0 fully saturated rings. The Balaban J connectivity index is 3.47. The zero-order valence-corrected chi connectivity index (χ0v) is 4.81. The minimum Gasteiger partial charge on any atom is -0.351 e. The monoisotopic (exact) mass is 116 g/mol. The zero-order valence-electron chi connectivity index (χ0n) is 4.81. The second-order valence-corrected chi connectivity index (χ2v) is 0.977. The molecule has 0 aliphatic carbocycles. The number of rotatable bonds is 2. The maximum absolute atomic E-state index is 8.53. The van der Waals surface area contributed by atoms with E-state index in [1.54, 1.807) is 0 Å². The third-order valence-corrected chi connectivity index (χ3v) is 0.437. The van der Waals surface area contributed by atoms with E-state index >= 15 is 0 Å². The first kappa shape index (κ1) is 7.16. The summed E-state index contributed by atoms with van der Waals surface area (Å²) in [5.41, 5.74) is 0. The molecule has 0 aliphatic rings. The summed E-state index contributed by atoms with van der Waals surface area (Å²) in [6.45, 7) is 0. The van der Waals surface area contributed by atoms with E-state index < -0.39 is 6.35 Å². The van der Waals surface area contributed by atoms with Crippen molar-refractivity contribution in [2.24, 2.45) is 20.5 Å². The van der Waals surface area contributed by atoms with Gasteiger partial charge >= 0.3 is 0 Å². The highest BCUT2D eigenvalue weighted by Gasteiger charge is 1.90. The SMILES string of the molecule is CN=NC(O)N=NC. The van der Waals surface area contributed by atoms with E-state index in [1.807, 2.05) is 0 Å². The fourth-order valence-corrected chi connectivity index (χ4v) is 0.230. The van der Waals surface area contributed by atoms with Crippen molar-refractivity contribution < 1.29 is 5.11 Å². The number of aliphatic hydroxyl groups is 1. The highest BCUT2D eigenvalue weighted by Crippen LogP contribution is 1.86. The fraction of sp³-hybridized carbons (Fsp3) is 1.00. The van der Waals surface area contributed by atoms with Crippen LogP contribution < -0.4 is 0 Å². The van der Waals surface area contributed by atoms with Crippen LogP contribution in [0.2, 0.25) is 0 Å². The van der Waals surface area contributed by atoms with E-state index in [0.29, 0.717) is 0 Å². The van der Waals surface area contributed by atoms with Gasteiger partial charge in [0.25, 0.3) is 6.35 Å². The van der Waals surface area contributed by atoms with E-state index in [4.69, 9.17) is 5.11 Å². The third kappa shape index (κ3) is 3.35. The minimum atomic E-state index is -1.12. The zero-order chi connectivity index (χ0) is 6.41. The molecule has 0 rings (SSSR count). The van der Waals surface area contributed by atoms with Gasteiger partial charge in [0.15, 0.2) is 0 Å². The standard InChI is InChI=1S/C3H8N4O/c1-4-6-3(8)7-5-2/h3,8H,1-2H3. The van der Waals surface area contributed by atoms with Crippen LogP contribution in [0, 0.1) is 0 Å². The molecule has 0 aromatic heterocycles. The van der Waals surface area contributed by atoms with Crippen molar-refractivity contribution in [3.05, 3.63) is 0 Å². The van der Waals surface area contributed by atoms with Gasteiger partial charge in [-0.3, -0.25) is 0 Å². The number of hydrogen-bond acceptors (Lipinski definition) is 5. The molecule has 0 unspecified atom stereocenters. The van der Waals surface area contributed by atoms with Crippen molar-refractivity contribution in [2.75, 3.05) is 14.1 Å². The molecular weight excluding hydrogens is 108 g/mol. The lowest BCUT2D eigenvalue weighted by Crippen LogP contribution is -1.93. The Morgan fingerprint density at radius 3 is 1.75 bits per heavy atom. The molecule has 5 nitrogen and oxygen atoms in total.